The highest BCUT2D eigenvalue weighted by molar-refractivity contribution is 5.96. The molecule has 7 nitrogen and oxygen atoms in total. The number of hydrogen-bond donors (Lipinski definition) is 0. The fourth-order valence-electron chi connectivity index (χ4n) is 3.37. The van der Waals surface area contributed by atoms with Gasteiger partial charge in [-0.15, -0.1) is 0 Å². The van der Waals surface area contributed by atoms with Crippen LogP contribution in [0.15, 0.2) is 40.9 Å². The van der Waals surface area contributed by atoms with E-state index in [2.05, 4.69) is 10.1 Å². The Morgan fingerprint density at radius 2 is 1.82 bits per heavy atom. The third-order valence-corrected chi connectivity index (χ3v) is 4.71. The molecule has 2 aromatic carbocycles. The lowest BCUT2D eigenvalue weighted by Gasteiger charge is -2.16. The van der Waals surface area contributed by atoms with Crippen molar-refractivity contribution in [3.63, 3.8) is 0 Å². The molecule has 1 aromatic heterocycles. The highest BCUT2D eigenvalue weighted by atomic mass is 19.1. The van der Waals surface area contributed by atoms with E-state index in [1.54, 1.807) is 18.2 Å². The quantitative estimate of drug-likeness (QED) is 0.689. The molecule has 28 heavy (non-hydrogen) atoms. The number of ether oxygens (including phenoxy) is 2. The van der Waals surface area contributed by atoms with Gasteiger partial charge in [-0.1, -0.05) is 5.16 Å². The SMILES string of the molecule is O=C1CC(c2nc(-c3ccc4c(c3)OCO4)no2)CN1c1cc(F)cc(F)c1. The summed E-state index contributed by atoms with van der Waals surface area (Å²) >= 11 is 0. The molecule has 0 radical (unpaired) electrons. The summed E-state index contributed by atoms with van der Waals surface area (Å²) in [6.07, 6.45) is 0.112. The highest BCUT2D eigenvalue weighted by Crippen LogP contribution is 2.36. The smallest absolute Gasteiger partial charge is 0.232 e. The lowest BCUT2D eigenvalue weighted by atomic mass is 10.1. The normalized spacial score (nSPS) is 18.1. The molecule has 3 aromatic rings. The molecule has 0 bridgehead atoms. The Bertz CT molecular complexity index is 1060. The second-order valence-electron chi connectivity index (χ2n) is 6.56. The summed E-state index contributed by atoms with van der Waals surface area (Å²) in [5.74, 6) is -0.224. The lowest BCUT2D eigenvalue weighted by Crippen LogP contribution is -2.24. The van der Waals surface area contributed by atoms with Crippen LogP contribution >= 0.6 is 0 Å². The van der Waals surface area contributed by atoms with E-state index in [4.69, 9.17) is 14.0 Å². The second-order valence-corrected chi connectivity index (χ2v) is 6.56. The van der Waals surface area contributed by atoms with Crippen molar-refractivity contribution >= 4 is 11.6 Å². The molecule has 0 spiro atoms. The first-order valence-electron chi connectivity index (χ1n) is 8.57. The Hall–Kier alpha value is -3.49. The van der Waals surface area contributed by atoms with Gasteiger partial charge in [0.15, 0.2) is 11.5 Å². The predicted molar refractivity (Wildman–Crippen MR) is 91.9 cm³/mol. The van der Waals surface area contributed by atoms with Crippen molar-refractivity contribution in [3.8, 4) is 22.9 Å². The number of fused-ring (bicyclic) bond motifs is 1. The molecule has 0 saturated carbocycles. The number of rotatable bonds is 3. The summed E-state index contributed by atoms with van der Waals surface area (Å²) in [7, 11) is 0. The maximum absolute atomic E-state index is 13.5. The monoisotopic (exact) mass is 385 g/mol. The van der Waals surface area contributed by atoms with Gasteiger partial charge < -0.3 is 18.9 Å². The number of anilines is 1. The van der Waals surface area contributed by atoms with Crippen LogP contribution < -0.4 is 14.4 Å². The van der Waals surface area contributed by atoms with Crippen LogP contribution in [0, 0.1) is 11.6 Å². The molecular weight excluding hydrogens is 372 g/mol. The van der Waals surface area contributed by atoms with Crippen molar-refractivity contribution in [1.82, 2.24) is 10.1 Å². The Morgan fingerprint density at radius 3 is 2.64 bits per heavy atom. The van der Waals surface area contributed by atoms with Gasteiger partial charge in [0.25, 0.3) is 0 Å². The summed E-state index contributed by atoms with van der Waals surface area (Å²) < 4.78 is 42.9. The third-order valence-electron chi connectivity index (χ3n) is 4.71. The van der Waals surface area contributed by atoms with Crippen molar-refractivity contribution in [3.05, 3.63) is 53.9 Å². The number of hydrogen-bond acceptors (Lipinski definition) is 6. The van der Waals surface area contributed by atoms with Crippen molar-refractivity contribution in [2.75, 3.05) is 18.2 Å². The Labute approximate surface area is 157 Å². The zero-order valence-electron chi connectivity index (χ0n) is 14.4. The van der Waals surface area contributed by atoms with E-state index < -0.39 is 11.6 Å². The van der Waals surface area contributed by atoms with Gasteiger partial charge in [0, 0.05) is 30.3 Å². The fourth-order valence-corrected chi connectivity index (χ4v) is 3.37. The van der Waals surface area contributed by atoms with Crippen molar-refractivity contribution in [2.24, 2.45) is 0 Å². The first-order valence-corrected chi connectivity index (χ1v) is 8.57. The molecule has 1 fully saturated rings. The van der Waals surface area contributed by atoms with E-state index in [0.29, 0.717) is 28.8 Å². The van der Waals surface area contributed by atoms with E-state index in [-0.39, 0.29) is 37.3 Å². The van der Waals surface area contributed by atoms with Crippen LogP contribution in [0.4, 0.5) is 14.5 Å². The van der Waals surface area contributed by atoms with Crippen LogP contribution in [0.2, 0.25) is 0 Å². The Balaban J connectivity index is 1.38. The minimum atomic E-state index is -0.742. The van der Waals surface area contributed by atoms with Crippen LogP contribution in [-0.2, 0) is 4.79 Å². The third kappa shape index (κ3) is 2.84. The molecule has 0 aliphatic carbocycles. The summed E-state index contributed by atoms with van der Waals surface area (Å²) in [6.45, 7) is 0.363. The number of aromatic nitrogens is 2. The number of halogens is 2. The summed E-state index contributed by atoms with van der Waals surface area (Å²) in [5, 5.41) is 3.98. The van der Waals surface area contributed by atoms with E-state index in [0.717, 1.165) is 18.2 Å². The van der Waals surface area contributed by atoms with Crippen molar-refractivity contribution in [1.29, 1.82) is 0 Å². The van der Waals surface area contributed by atoms with Gasteiger partial charge in [0.1, 0.15) is 11.6 Å². The van der Waals surface area contributed by atoms with Gasteiger partial charge in [-0.2, -0.15) is 4.98 Å². The Morgan fingerprint density at radius 1 is 1.04 bits per heavy atom. The standard InChI is InChI=1S/C19H13F2N3O4/c20-12-5-13(21)7-14(6-12)24-8-11(4-17(24)25)19-22-18(23-28-19)10-1-2-15-16(3-10)27-9-26-15/h1-3,5-7,11H,4,8-9H2. The number of nitrogens with zero attached hydrogens (tertiary/aromatic N) is 3. The van der Waals surface area contributed by atoms with Crippen LogP contribution in [-0.4, -0.2) is 29.4 Å². The second kappa shape index (κ2) is 6.29. The first kappa shape index (κ1) is 16.7. The molecular formula is C19H13F2N3O4. The molecule has 142 valence electrons. The summed E-state index contributed by atoms with van der Waals surface area (Å²) in [6, 6.07) is 8.29. The number of carbonyl (C=O) groups excluding carboxylic acids is 1. The average Bonchev–Trinajstić information content (AvgIpc) is 3.39. The van der Waals surface area contributed by atoms with Crippen molar-refractivity contribution < 1.29 is 27.6 Å². The van der Waals surface area contributed by atoms with E-state index in [1.165, 1.54) is 4.90 Å². The van der Waals surface area contributed by atoms with Crippen LogP contribution in [0.1, 0.15) is 18.2 Å². The van der Waals surface area contributed by atoms with Gasteiger partial charge in [-0.25, -0.2) is 8.78 Å². The average molecular weight is 385 g/mol. The van der Waals surface area contributed by atoms with Gasteiger partial charge in [-0.3, -0.25) is 4.79 Å². The topological polar surface area (TPSA) is 77.7 Å². The summed E-state index contributed by atoms with van der Waals surface area (Å²) in [5.41, 5.74) is 0.855. The maximum Gasteiger partial charge on any atom is 0.232 e. The first-order chi connectivity index (χ1) is 13.6. The van der Waals surface area contributed by atoms with Crippen LogP contribution in [0.3, 0.4) is 0 Å². The molecule has 1 atom stereocenters. The molecule has 0 N–H and O–H groups in total. The lowest BCUT2D eigenvalue weighted by molar-refractivity contribution is -0.117. The van der Waals surface area contributed by atoms with E-state index in [9.17, 15) is 13.6 Å². The molecule has 9 heteroatoms. The fraction of sp³-hybridized carbons (Fsp3) is 0.211. The molecule has 3 heterocycles. The number of benzene rings is 2. The molecule has 1 unspecified atom stereocenters. The zero-order chi connectivity index (χ0) is 19.3. The summed E-state index contributed by atoms with van der Waals surface area (Å²) in [4.78, 5) is 18.1. The van der Waals surface area contributed by atoms with Gasteiger partial charge in [0.2, 0.25) is 24.4 Å². The molecule has 5 rings (SSSR count). The largest absolute Gasteiger partial charge is 0.454 e. The molecule has 2 aliphatic rings. The van der Waals surface area contributed by atoms with Gasteiger partial charge in [-0.05, 0) is 30.3 Å². The zero-order valence-corrected chi connectivity index (χ0v) is 14.4. The van der Waals surface area contributed by atoms with Crippen LogP contribution in [0.5, 0.6) is 11.5 Å². The molecule has 1 amide bonds. The van der Waals surface area contributed by atoms with Gasteiger partial charge in [0.05, 0.1) is 5.92 Å². The van der Waals surface area contributed by atoms with Crippen molar-refractivity contribution in [2.45, 2.75) is 12.3 Å². The number of carbonyl (C=O) groups is 1. The Kier molecular flexibility index (Phi) is 3.75. The van der Waals surface area contributed by atoms with Crippen LogP contribution in [0.25, 0.3) is 11.4 Å². The molecule has 1 saturated heterocycles. The van der Waals surface area contributed by atoms with Gasteiger partial charge >= 0.3 is 0 Å². The number of amides is 1. The predicted octanol–water partition coefficient (Wildman–Crippen LogP) is 3.26. The minimum absolute atomic E-state index is 0.112. The maximum atomic E-state index is 13.5. The highest BCUT2D eigenvalue weighted by Gasteiger charge is 2.35. The minimum Gasteiger partial charge on any atom is -0.454 e. The molecule has 2 aliphatic heterocycles. The van der Waals surface area contributed by atoms with E-state index in [1.807, 2.05) is 0 Å². The van der Waals surface area contributed by atoms with E-state index >= 15 is 0 Å².